The van der Waals surface area contributed by atoms with Gasteiger partial charge in [0.25, 0.3) is 0 Å². The molecule has 5 nitrogen and oxygen atoms in total. The Morgan fingerprint density at radius 1 is 1.24 bits per heavy atom. The van der Waals surface area contributed by atoms with Gasteiger partial charge in [-0.05, 0) is 19.1 Å². The molecule has 1 aromatic rings. The van der Waals surface area contributed by atoms with Crippen LogP contribution in [0.3, 0.4) is 0 Å². The van der Waals surface area contributed by atoms with Crippen LogP contribution in [-0.2, 0) is 9.53 Å². The third-order valence-corrected chi connectivity index (χ3v) is 1.72. The van der Waals surface area contributed by atoms with Gasteiger partial charge in [-0.3, -0.25) is 0 Å². The first-order chi connectivity index (χ1) is 7.13. The summed E-state index contributed by atoms with van der Waals surface area (Å²) in [6.07, 6.45) is 0. The molecule has 0 unspecified atom stereocenters. The smallest absolute Gasteiger partial charge is 0.344 e. The Morgan fingerprint density at radius 2 is 1.88 bits per heavy atom. The van der Waals surface area contributed by atoms with E-state index < -0.39 is 5.97 Å². The number of ether oxygens (including phenoxy) is 2. The predicted octanol–water partition coefficient (Wildman–Crippen LogP) is 1.64. The summed E-state index contributed by atoms with van der Waals surface area (Å²) in [5.41, 5.74) is 12.0. The van der Waals surface area contributed by atoms with Crippen molar-refractivity contribution in [2.45, 2.75) is 6.92 Å². The zero-order valence-electron chi connectivity index (χ0n) is 9.34. The molecule has 4 N–H and O–H groups in total. The molecule has 7 heteroatoms. The number of halogens is 2. The number of rotatable bonds is 4. The zero-order valence-corrected chi connectivity index (χ0v) is 11.0. The van der Waals surface area contributed by atoms with Crippen LogP contribution in [0.1, 0.15) is 6.92 Å². The van der Waals surface area contributed by atoms with Crippen LogP contribution in [0.4, 0.5) is 11.4 Å². The van der Waals surface area contributed by atoms with Crippen LogP contribution in [-0.4, -0.2) is 19.2 Å². The van der Waals surface area contributed by atoms with Gasteiger partial charge in [-0.25, -0.2) is 4.79 Å². The lowest BCUT2D eigenvalue weighted by Gasteiger charge is -2.07. The Balaban J connectivity index is 0. The van der Waals surface area contributed by atoms with Crippen molar-refractivity contribution in [3.8, 4) is 5.75 Å². The molecule has 0 aliphatic rings. The van der Waals surface area contributed by atoms with Crippen molar-refractivity contribution in [2.75, 3.05) is 24.7 Å². The molecular formula is C10H16Cl2N2O3. The number of hydrogen-bond donors (Lipinski definition) is 2. The molecule has 0 aliphatic carbocycles. The first kappa shape index (κ1) is 18.0. The molecule has 0 saturated carbocycles. The summed E-state index contributed by atoms with van der Waals surface area (Å²) in [5, 5.41) is 0. The fourth-order valence-electron chi connectivity index (χ4n) is 0.988. The molecule has 0 heterocycles. The molecule has 17 heavy (non-hydrogen) atoms. The van der Waals surface area contributed by atoms with Gasteiger partial charge < -0.3 is 20.9 Å². The highest BCUT2D eigenvalue weighted by atomic mass is 35.5. The average molecular weight is 283 g/mol. The second-order valence-corrected chi connectivity index (χ2v) is 2.88. The van der Waals surface area contributed by atoms with Crippen LogP contribution in [0.2, 0.25) is 0 Å². The highest BCUT2D eigenvalue weighted by molar-refractivity contribution is 5.85. The van der Waals surface area contributed by atoms with Crippen LogP contribution in [0.15, 0.2) is 18.2 Å². The van der Waals surface area contributed by atoms with Gasteiger partial charge in [0, 0.05) is 6.07 Å². The Labute approximate surface area is 112 Å². The van der Waals surface area contributed by atoms with E-state index in [2.05, 4.69) is 0 Å². The van der Waals surface area contributed by atoms with Crippen LogP contribution in [0, 0.1) is 0 Å². The Bertz CT molecular complexity index is 361. The van der Waals surface area contributed by atoms with E-state index in [-0.39, 0.29) is 31.4 Å². The first-order valence-electron chi connectivity index (χ1n) is 4.57. The molecule has 0 spiro atoms. The van der Waals surface area contributed by atoms with Gasteiger partial charge in [0.1, 0.15) is 5.75 Å². The highest BCUT2D eigenvalue weighted by Crippen LogP contribution is 2.21. The second-order valence-electron chi connectivity index (χ2n) is 2.88. The van der Waals surface area contributed by atoms with Gasteiger partial charge in [-0.1, -0.05) is 0 Å². The average Bonchev–Trinajstić information content (AvgIpc) is 2.20. The summed E-state index contributed by atoms with van der Waals surface area (Å²) < 4.78 is 9.84. The van der Waals surface area contributed by atoms with E-state index in [1.165, 1.54) is 0 Å². The van der Waals surface area contributed by atoms with E-state index in [0.717, 1.165) is 0 Å². The Kier molecular flexibility index (Phi) is 9.32. The van der Waals surface area contributed by atoms with Gasteiger partial charge in [0.05, 0.1) is 18.0 Å². The van der Waals surface area contributed by atoms with Crippen molar-refractivity contribution in [2.24, 2.45) is 0 Å². The maximum absolute atomic E-state index is 11.0. The molecule has 0 atom stereocenters. The van der Waals surface area contributed by atoms with Crippen LogP contribution < -0.4 is 16.2 Å². The quantitative estimate of drug-likeness (QED) is 0.648. The lowest BCUT2D eigenvalue weighted by molar-refractivity contribution is -0.145. The molecule has 0 amide bonds. The van der Waals surface area contributed by atoms with Crippen LogP contribution >= 0.6 is 24.8 Å². The van der Waals surface area contributed by atoms with Crippen molar-refractivity contribution in [1.82, 2.24) is 0 Å². The fourth-order valence-corrected chi connectivity index (χ4v) is 0.988. The predicted molar refractivity (Wildman–Crippen MR) is 71.9 cm³/mol. The molecule has 0 bridgehead atoms. The van der Waals surface area contributed by atoms with Gasteiger partial charge in [0.15, 0.2) is 6.61 Å². The summed E-state index contributed by atoms with van der Waals surface area (Å²) in [6.45, 7) is 1.95. The number of benzene rings is 1. The monoisotopic (exact) mass is 282 g/mol. The van der Waals surface area contributed by atoms with Gasteiger partial charge in [0.2, 0.25) is 0 Å². The maximum Gasteiger partial charge on any atom is 0.344 e. The zero-order chi connectivity index (χ0) is 11.3. The molecule has 0 aromatic heterocycles. The van der Waals surface area contributed by atoms with Crippen molar-refractivity contribution in [1.29, 1.82) is 0 Å². The summed E-state index contributed by atoms with van der Waals surface area (Å²) >= 11 is 0. The SMILES string of the molecule is CCOC(=O)COc1ccc(N)c(N)c1.Cl.Cl. The van der Waals surface area contributed by atoms with Crippen molar-refractivity contribution in [3.63, 3.8) is 0 Å². The summed E-state index contributed by atoms with van der Waals surface area (Å²) in [5.74, 6) is 0.0858. The molecule has 0 fully saturated rings. The second kappa shape index (κ2) is 8.78. The van der Waals surface area contributed by atoms with E-state index in [0.29, 0.717) is 23.7 Å². The number of nitrogen functional groups attached to an aromatic ring is 2. The molecule has 0 aliphatic heterocycles. The topological polar surface area (TPSA) is 87.6 Å². The largest absolute Gasteiger partial charge is 0.482 e. The normalized spacial score (nSPS) is 8.53. The maximum atomic E-state index is 11.0. The fraction of sp³-hybridized carbons (Fsp3) is 0.300. The highest BCUT2D eigenvalue weighted by Gasteiger charge is 2.03. The van der Waals surface area contributed by atoms with E-state index in [4.69, 9.17) is 20.9 Å². The lowest BCUT2D eigenvalue weighted by Crippen LogP contribution is -2.14. The lowest BCUT2D eigenvalue weighted by atomic mass is 10.2. The minimum Gasteiger partial charge on any atom is -0.482 e. The standard InChI is InChI=1S/C10H14N2O3.2ClH/c1-2-14-10(13)6-15-7-3-4-8(11)9(12)5-7;;/h3-5H,2,6,11-12H2,1H3;2*1H. The van der Waals surface area contributed by atoms with Crippen LogP contribution in [0.5, 0.6) is 5.75 Å². The molecule has 0 saturated heterocycles. The van der Waals surface area contributed by atoms with Crippen molar-refractivity contribution >= 4 is 42.2 Å². The van der Waals surface area contributed by atoms with Crippen LogP contribution in [0.25, 0.3) is 0 Å². The Hall–Kier alpha value is -1.33. The minimum absolute atomic E-state index is 0. The number of carbonyl (C=O) groups is 1. The summed E-state index contributed by atoms with van der Waals surface area (Å²) in [7, 11) is 0. The number of esters is 1. The number of hydrogen-bond acceptors (Lipinski definition) is 5. The number of nitrogens with two attached hydrogens (primary N) is 2. The van der Waals surface area contributed by atoms with Crippen molar-refractivity contribution in [3.05, 3.63) is 18.2 Å². The third kappa shape index (κ3) is 6.09. The van der Waals surface area contributed by atoms with E-state index >= 15 is 0 Å². The number of carbonyl (C=O) groups excluding carboxylic acids is 1. The summed E-state index contributed by atoms with van der Waals surface area (Å²) in [4.78, 5) is 11.0. The number of anilines is 2. The molecule has 1 aromatic carbocycles. The van der Waals surface area contributed by atoms with Crippen molar-refractivity contribution < 1.29 is 14.3 Å². The third-order valence-electron chi connectivity index (χ3n) is 1.72. The minimum atomic E-state index is -0.409. The van der Waals surface area contributed by atoms with E-state index in [1.54, 1.807) is 25.1 Å². The van der Waals surface area contributed by atoms with E-state index in [9.17, 15) is 4.79 Å². The van der Waals surface area contributed by atoms with E-state index in [1.807, 2.05) is 0 Å². The Morgan fingerprint density at radius 3 is 2.41 bits per heavy atom. The molecular weight excluding hydrogens is 267 g/mol. The molecule has 0 radical (unpaired) electrons. The van der Waals surface area contributed by atoms with Gasteiger partial charge >= 0.3 is 5.97 Å². The van der Waals surface area contributed by atoms with Gasteiger partial charge in [-0.2, -0.15) is 0 Å². The summed E-state index contributed by atoms with van der Waals surface area (Å²) in [6, 6.07) is 4.83. The first-order valence-corrected chi connectivity index (χ1v) is 4.57. The molecule has 1 rings (SSSR count). The van der Waals surface area contributed by atoms with Gasteiger partial charge in [-0.15, -0.1) is 24.8 Å². The molecule has 98 valence electrons.